The molecule has 0 spiro atoms. The molecule has 1 saturated carbocycles. The number of carbonyl (C=O) groups is 1. The second kappa shape index (κ2) is 7.33. The Bertz CT molecular complexity index is 1210. The normalized spacial score (nSPS) is 14.7. The Hall–Kier alpha value is -3.62. The third-order valence-electron chi connectivity index (χ3n) is 5.18. The molecule has 3 heterocycles. The van der Waals surface area contributed by atoms with E-state index in [-0.39, 0.29) is 24.2 Å². The zero-order valence-corrected chi connectivity index (χ0v) is 16.2. The highest BCUT2D eigenvalue weighted by Gasteiger charge is 2.29. The maximum atomic E-state index is 13.1. The molecule has 1 aliphatic carbocycles. The maximum Gasteiger partial charge on any atom is 0.258 e. The van der Waals surface area contributed by atoms with E-state index in [1.54, 1.807) is 28.8 Å². The minimum atomic E-state index is -0.309. The summed E-state index contributed by atoms with van der Waals surface area (Å²) in [6.07, 6.45) is 4.07. The van der Waals surface area contributed by atoms with Gasteiger partial charge in [0.2, 0.25) is 5.91 Å². The Morgan fingerprint density at radius 3 is 2.83 bits per heavy atom. The summed E-state index contributed by atoms with van der Waals surface area (Å²) in [6.45, 7) is 1.85. The van der Waals surface area contributed by atoms with Crippen molar-refractivity contribution < 1.29 is 13.7 Å². The predicted molar refractivity (Wildman–Crippen MR) is 105 cm³/mol. The molecule has 1 atom stereocenters. The van der Waals surface area contributed by atoms with Gasteiger partial charge in [0.15, 0.2) is 11.5 Å². The number of halogens is 1. The van der Waals surface area contributed by atoms with Crippen molar-refractivity contribution in [3.63, 3.8) is 0 Å². The number of nitrogens with zero attached hydrogens (tertiary/aromatic N) is 5. The van der Waals surface area contributed by atoms with Gasteiger partial charge in [-0.15, -0.1) is 10.2 Å². The van der Waals surface area contributed by atoms with Crippen LogP contribution in [-0.2, 0) is 11.2 Å². The van der Waals surface area contributed by atoms with Crippen LogP contribution in [0.1, 0.15) is 48.9 Å². The van der Waals surface area contributed by atoms with Crippen LogP contribution in [0.2, 0.25) is 0 Å². The fraction of sp³-hybridized carbons (Fsp3) is 0.286. The molecule has 9 heteroatoms. The number of hydrogen-bond donors (Lipinski definition) is 1. The van der Waals surface area contributed by atoms with Gasteiger partial charge in [-0.2, -0.15) is 4.98 Å². The third-order valence-corrected chi connectivity index (χ3v) is 5.18. The van der Waals surface area contributed by atoms with E-state index in [2.05, 4.69) is 25.7 Å². The SMILES string of the molecule is C[C@H](NC(=O)Cc1nnc2cc(-c3nc(C4CC4)no3)ccn12)c1ccc(F)cc1. The summed E-state index contributed by atoms with van der Waals surface area (Å²) >= 11 is 0. The number of benzene rings is 1. The van der Waals surface area contributed by atoms with Gasteiger partial charge in [0, 0.05) is 17.7 Å². The molecule has 4 aromatic rings. The second-order valence-electron chi connectivity index (χ2n) is 7.51. The van der Waals surface area contributed by atoms with Crippen LogP contribution in [0.15, 0.2) is 47.1 Å². The molecule has 30 heavy (non-hydrogen) atoms. The van der Waals surface area contributed by atoms with Crippen molar-refractivity contribution in [1.29, 1.82) is 0 Å². The molecule has 1 fully saturated rings. The van der Waals surface area contributed by atoms with Gasteiger partial charge in [0.1, 0.15) is 11.6 Å². The summed E-state index contributed by atoms with van der Waals surface area (Å²) < 4.78 is 20.2. The standard InChI is InChI=1S/C21H19FN6O2/c1-12(13-4-6-16(22)7-5-13)23-19(29)11-18-26-25-17-10-15(8-9-28(17)18)21-24-20(27-30-21)14-2-3-14/h4-10,12,14H,2-3,11H2,1H3,(H,23,29)/t12-/m0/s1. The van der Waals surface area contributed by atoms with Crippen LogP contribution < -0.4 is 5.32 Å². The molecule has 1 aromatic carbocycles. The van der Waals surface area contributed by atoms with Crippen molar-refractivity contribution in [2.75, 3.05) is 0 Å². The lowest BCUT2D eigenvalue weighted by Gasteiger charge is -2.14. The zero-order chi connectivity index (χ0) is 20.7. The van der Waals surface area contributed by atoms with E-state index >= 15 is 0 Å². The highest BCUT2D eigenvalue weighted by molar-refractivity contribution is 5.78. The summed E-state index contributed by atoms with van der Waals surface area (Å²) in [4.78, 5) is 16.9. The maximum absolute atomic E-state index is 13.1. The van der Waals surface area contributed by atoms with E-state index in [9.17, 15) is 9.18 Å². The number of pyridine rings is 1. The molecule has 1 N–H and O–H groups in total. The molecule has 1 aliphatic rings. The van der Waals surface area contributed by atoms with E-state index < -0.39 is 0 Å². The summed E-state index contributed by atoms with van der Waals surface area (Å²) in [5.74, 6) is 1.63. The Morgan fingerprint density at radius 2 is 2.07 bits per heavy atom. The first-order valence-electron chi connectivity index (χ1n) is 9.79. The Labute approximate surface area is 171 Å². The van der Waals surface area contributed by atoms with Gasteiger partial charge >= 0.3 is 0 Å². The highest BCUT2D eigenvalue weighted by atomic mass is 19.1. The monoisotopic (exact) mass is 406 g/mol. The first-order chi connectivity index (χ1) is 14.6. The number of aromatic nitrogens is 5. The molecule has 3 aromatic heterocycles. The fourth-order valence-corrected chi connectivity index (χ4v) is 3.32. The molecule has 0 saturated heterocycles. The van der Waals surface area contributed by atoms with Crippen LogP contribution in [0.25, 0.3) is 17.1 Å². The Balaban J connectivity index is 1.29. The van der Waals surface area contributed by atoms with Gasteiger partial charge in [-0.1, -0.05) is 17.3 Å². The number of fused-ring (bicyclic) bond motifs is 1. The van der Waals surface area contributed by atoms with Crippen molar-refractivity contribution in [2.24, 2.45) is 0 Å². The largest absolute Gasteiger partial charge is 0.349 e. The molecule has 0 aliphatic heterocycles. The number of amides is 1. The highest BCUT2D eigenvalue weighted by Crippen LogP contribution is 2.38. The van der Waals surface area contributed by atoms with Crippen LogP contribution in [0, 0.1) is 5.82 Å². The minimum Gasteiger partial charge on any atom is -0.349 e. The van der Waals surface area contributed by atoms with Gasteiger partial charge in [-0.25, -0.2) is 4.39 Å². The van der Waals surface area contributed by atoms with Crippen LogP contribution in [0.4, 0.5) is 4.39 Å². The molecular weight excluding hydrogens is 387 g/mol. The van der Waals surface area contributed by atoms with Gasteiger partial charge in [0.25, 0.3) is 5.89 Å². The Morgan fingerprint density at radius 1 is 1.27 bits per heavy atom. The van der Waals surface area contributed by atoms with Crippen molar-refractivity contribution in [1.82, 2.24) is 30.1 Å². The summed E-state index contributed by atoms with van der Waals surface area (Å²) in [5, 5.41) is 15.2. The van der Waals surface area contributed by atoms with E-state index in [1.165, 1.54) is 12.1 Å². The average molecular weight is 406 g/mol. The lowest BCUT2D eigenvalue weighted by Crippen LogP contribution is -2.28. The van der Waals surface area contributed by atoms with Crippen LogP contribution in [0.3, 0.4) is 0 Å². The number of rotatable bonds is 6. The lowest BCUT2D eigenvalue weighted by molar-refractivity contribution is -0.121. The van der Waals surface area contributed by atoms with Crippen molar-refractivity contribution in [2.45, 2.75) is 38.1 Å². The van der Waals surface area contributed by atoms with E-state index in [1.807, 2.05) is 13.0 Å². The van der Waals surface area contributed by atoms with Crippen LogP contribution >= 0.6 is 0 Å². The first-order valence-corrected chi connectivity index (χ1v) is 9.79. The summed E-state index contributed by atoms with van der Waals surface area (Å²) in [7, 11) is 0. The number of carbonyl (C=O) groups excluding carboxylic acids is 1. The van der Waals surface area contributed by atoms with Crippen LogP contribution in [-0.4, -0.2) is 30.6 Å². The molecular formula is C21H19FN6O2. The molecule has 152 valence electrons. The van der Waals surface area contributed by atoms with Crippen molar-refractivity contribution in [3.05, 3.63) is 65.6 Å². The zero-order valence-electron chi connectivity index (χ0n) is 16.2. The third kappa shape index (κ3) is 3.66. The number of nitrogens with one attached hydrogen (secondary N) is 1. The predicted octanol–water partition coefficient (Wildman–Crippen LogP) is 3.22. The lowest BCUT2D eigenvalue weighted by atomic mass is 10.1. The van der Waals surface area contributed by atoms with Gasteiger partial charge in [-0.3, -0.25) is 9.20 Å². The summed E-state index contributed by atoms with van der Waals surface area (Å²) in [6, 6.07) is 9.45. The molecule has 8 nitrogen and oxygen atoms in total. The first kappa shape index (κ1) is 18.4. The fourth-order valence-electron chi connectivity index (χ4n) is 3.32. The molecule has 5 rings (SSSR count). The van der Waals surface area contributed by atoms with E-state index in [4.69, 9.17) is 4.52 Å². The van der Waals surface area contributed by atoms with Gasteiger partial charge in [0.05, 0.1) is 12.5 Å². The molecule has 0 radical (unpaired) electrons. The van der Waals surface area contributed by atoms with Gasteiger partial charge in [-0.05, 0) is 49.6 Å². The van der Waals surface area contributed by atoms with E-state index in [0.29, 0.717) is 23.3 Å². The van der Waals surface area contributed by atoms with Crippen molar-refractivity contribution >= 4 is 11.6 Å². The number of hydrogen-bond acceptors (Lipinski definition) is 6. The van der Waals surface area contributed by atoms with Crippen LogP contribution in [0.5, 0.6) is 0 Å². The average Bonchev–Trinajstić information content (AvgIpc) is 3.34. The van der Waals surface area contributed by atoms with E-state index in [0.717, 1.165) is 29.8 Å². The Kier molecular flexibility index (Phi) is 4.50. The second-order valence-corrected chi connectivity index (χ2v) is 7.51. The molecule has 0 bridgehead atoms. The topological polar surface area (TPSA) is 98.2 Å². The summed E-state index contributed by atoms with van der Waals surface area (Å²) in [5.41, 5.74) is 2.17. The van der Waals surface area contributed by atoms with Gasteiger partial charge < -0.3 is 9.84 Å². The molecule has 1 amide bonds. The molecule has 0 unspecified atom stereocenters. The minimum absolute atomic E-state index is 0.0679. The van der Waals surface area contributed by atoms with Crippen molar-refractivity contribution in [3.8, 4) is 11.5 Å². The quantitative estimate of drug-likeness (QED) is 0.528. The smallest absolute Gasteiger partial charge is 0.258 e.